The summed E-state index contributed by atoms with van der Waals surface area (Å²) < 4.78 is 115. The number of alkyl halides is 9. The van der Waals surface area contributed by atoms with Gasteiger partial charge in [-0.1, -0.05) is 0 Å². The molecular weight excluding hydrogens is 380 g/mol. The fourth-order valence-electron chi connectivity index (χ4n) is 0.963. The number of hydrogen-bond acceptors (Lipinski definition) is 3. The Balaban J connectivity index is 0.00000324. The van der Waals surface area contributed by atoms with E-state index in [2.05, 4.69) is 9.47 Å². The van der Waals surface area contributed by atoms with Crippen molar-refractivity contribution < 1.29 is 86.5 Å². The van der Waals surface area contributed by atoms with Crippen molar-refractivity contribution in [3.63, 3.8) is 0 Å². The summed E-state index contributed by atoms with van der Waals surface area (Å²) in [7, 11) is 0. The average Bonchev–Trinajstić information content (AvgIpc) is 2.34. The molecule has 0 aromatic heterocycles. The quantitative estimate of drug-likeness (QED) is 0.517. The Hall–Kier alpha value is 0.0639. The molecule has 1 heterocycles. The SMILES string of the molecule is O=[C-]C1(C(F)(F)F)OC(F)(F)C(F)(C(F)(F)F)O1.[Y]. The molecule has 1 radical (unpaired) electrons. The molecule has 1 aliphatic heterocycles. The fourth-order valence-corrected chi connectivity index (χ4v) is 0.963. The van der Waals surface area contributed by atoms with Crippen LogP contribution in [0.15, 0.2) is 0 Å². The molecule has 1 rings (SSSR count). The molecule has 2 unspecified atom stereocenters. The Morgan fingerprint density at radius 1 is 0.842 bits per heavy atom. The maximum Gasteiger partial charge on any atom is 0.458 e. The smallest absolute Gasteiger partial charge is 0.458 e. The monoisotopic (exact) mass is 380 g/mol. The van der Waals surface area contributed by atoms with Gasteiger partial charge in [-0.3, -0.25) is 0 Å². The van der Waals surface area contributed by atoms with Gasteiger partial charge in [-0.05, 0) is 0 Å². The predicted molar refractivity (Wildman–Crippen MR) is 31.5 cm³/mol. The van der Waals surface area contributed by atoms with Crippen molar-refractivity contribution in [3.05, 3.63) is 0 Å². The number of halogens is 9. The summed E-state index contributed by atoms with van der Waals surface area (Å²) >= 11 is 0. The first-order valence-corrected chi connectivity index (χ1v) is 3.72. The van der Waals surface area contributed by atoms with E-state index in [1.54, 1.807) is 0 Å². The first kappa shape index (κ1) is 19.1. The molecule has 13 heteroatoms. The first-order valence-electron chi connectivity index (χ1n) is 3.72. The van der Waals surface area contributed by atoms with Crippen LogP contribution in [0.25, 0.3) is 0 Å². The summed E-state index contributed by atoms with van der Waals surface area (Å²) in [5.74, 6) is -11.3. The molecule has 1 aliphatic rings. The summed E-state index contributed by atoms with van der Waals surface area (Å²) in [5.41, 5.74) is 0. The van der Waals surface area contributed by atoms with Crippen LogP contribution in [0.2, 0.25) is 0 Å². The van der Waals surface area contributed by atoms with Gasteiger partial charge in [-0.25, -0.2) is 0 Å². The number of carbonyl (C=O) groups excluding carboxylic acids is 1. The molecule has 0 amide bonds. The molecule has 1 saturated heterocycles. The van der Waals surface area contributed by atoms with E-state index in [1.807, 2.05) is 0 Å². The molecule has 1 fully saturated rings. The minimum absolute atomic E-state index is 0. The van der Waals surface area contributed by atoms with Crippen LogP contribution >= 0.6 is 0 Å². The van der Waals surface area contributed by atoms with Crippen molar-refractivity contribution in [2.24, 2.45) is 0 Å². The minimum Gasteiger partial charge on any atom is -0.536 e. The third kappa shape index (κ3) is 2.63. The molecule has 109 valence electrons. The Labute approximate surface area is 123 Å². The van der Waals surface area contributed by atoms with E-state index in [-0.39, 0.29) is 39.0 Å². The molecule has 0 spiro atoms. The molecule has 0 saturated carbocycles. The van der Waals surface area contributed by atoms with Gasteiger partial charge in [0.1, 0.15) is 0 Å². The first-order chi connectivity index (χ1) is 7.72. The fraction of sp³-hybridized carbons (Fsp3) is 0.833. The Morgan fingerprint density at radius 3 is 1.42 bits per heavy atom. The van der Waals surface area contributed by atoms with Crippen LogP contribution in [0.1, 0.15) is 0 Å². The van der Waals surface area contributed by atoms with Gasteiger partial charge in [0.2, 0.25) is 0 Å². The van der Waals surface area contributed by atoms with Gasteiger partial charge in [-0.15, -0.1) is 0 Å². The van der Waals surface area contributed by atoms with E-state index >= 15 is 0 Å². The molecule has 0 aromatic carbocycles. The van der Waals surface area contributed by atoms with E-state index in [0.717, 1.165) is 0 Å². The third-order valence-electron chi connectivity index (χ3n) is 1.80. The van der Waals surface area contributed by atoms with E-state index in [0.29, 0.717) is 0 Å². The maximum atomic E-state index is 12.9. The van der Waals surface area contributed by atoms with Gasteiger partial charge < -0.3 is 14.3 Å². The normalized spacial score (nSPS) is 34.8. The standard InChI is InChI=1S/C6F9O3.Y/c7-3(5(11,12)13)6(14,15)18-2(1-16,17-3)4(8,9)10;/q-1;. The van der Waals surface area contributed by atoms with Crippen molar-refractivity contribution in [1.29, 1.82) is 0 Å². The molecule has 0 N–H and O–H groups in total. The summed E-state index contributed by atoms with van der Waals surface area (Å²) in [4.78, 5) is 9.92. The topological polar surface area (TPSA) is 35.5 Å². The second kappa shape index (κ2) is 4.81. The number of rotatable bonds is 1. The van der Waals surface area contributed by atoms with Crippen LogP contribution < -0.4 is 0 Å². The molecular formula is C6F9O3Y-. The van der Waals surface area contributed by atoms with Crippen LogP contribution in [0, 0.1) is 0 Å². The van der Waals surface area contributed by atoms with Crippen molar-refractivity contribution in [2.75, 3.05) is 0 Å². The largest absolute Gasteiger partial charge is 0.536 e. The second-order valence-corrected chi connectivity index (χ2v) is 3.03. The predicted octanol–water partition coefficient (Wildman–Crippen LogP) is 2.22. The van der Waals surface area contributed by atoms with Crippen LogP contribution in [-0.2, 0) is 47.0 Å². The van der Waals surface area contributed by atoms with Gasteiger partial charge in [-0.2, -0.15) is 45.8 Å². The molecule has 19 heavy (non-hydrogen) atoms. The van der Waals surface area contributed by atoms with E-state index in [1.165, 1.54) is 0 Å². The summed E-state index contributed by atoms with van der Waals surface area (Å²) in [6.07, 6.45) is -19.2. The van der Waals surface area contributed by atoms with Crippen molar-refractivity contribution in [3.8, 4) is 0 Å². The molecule has 3 nitrogen and oxygen atoms in total. The summed E-state index contributed by atoms with van der Waals surface area (Å²) in [5, 5.41) is 0. The zero-order chi connectivity index (χ0) is 14.6. The minimum atomic E-state index is -6.57. The zero-order valence-electron chi connectivity index (χ0n) is 8.20. The third-order valence-corrected chi connectivity index (χ3v) is 1.80. The zero-order valence-corrected chi connectivity index (χ0v) is 11.0. The Bertz CT molecular complexity index is 366. The van der Waals surface area contributed by atoms with E-state index < -0.39 is 30.1 Å². The number of ether oxygens (including phenoxy) is 2. The van der Waals surface area contributed by atoms with Crippen molar-refractivity contribution in [1.82, 2.24) is 0 Å². The van der Waals surface area contributed by atoms with Gasteiger partial charge >= 0.3 is 24.3 Å². The number of hydrogen-bond donors (Lipinski definition) is 0. The van der Waals surface area contributed by atoms with E-state index in [4.69, 9.17) is 0 Å². The molecule has 0 bridgehead atoms. The van der Waals surface area contributed by atoms with Gasteiger partial charge in [0, 0.05) is 32.7 Å². The van der Waals surface area contributed by atoms with Crippen molar-refractivity contribution in [2.45, 2.75) is 30.1 Å². The Kier molecular flexibility index (Phi) is 4.83. The Morgan fingerprint density at radius 2 is 1.26 bits per heavy atom. The van der Waals surface area contributed by atoms with Crippen LogP contribution in [-0.4, -0.2) is 36.4 Å². The van der Waals surface area contributed by atoms with Crippen LogP contribution in [0.3, 0.4) is 0 Å². The molecule has 0 aromatic rings. The van der Waals surface area contributed by atoms with Gasteiger partial charge in [0.15, 0.2) is 5.79 Å². The van der Waals surface area contributed by atoms with Crippen LogP contribution in [0.4, 0.5) is 39.5 Å². The maximum absolute atomic E-state index is 12.9. The van der Waals surface area contributed by atoms with Crippen LogP contribution in [0.5, 0.6) is 0 Å². The summed E-state index contributed by atoms with van der Waals surface area (Å²) in [6.45, 7) is 0. The van der Waals surface area contributed by atoms with E-state index in [9.17, 15) is 44.3 Å². The second-order valence-electron chi connectivity index (χ2n) is 3.03. The average molecular weight is 380 g/mol. The molecule has 0 aliphatic carbocycles. The summed E-state index contributed by atoms with van der Waals surface area (Å²) in [6, 6.07) is 0. The van der Waals surface area contributed by atoms with Gasteiger partial charge in [0.05, 0.1) is 0 Å². The van der Waals surface area contributed by atoms with Crippen molar-refractivity contribution >= 4 is 6.29 Å². The molecule has 2 atom stereocenters. The van der Waals surface area contributed by atoms with Gasteiger partial charge in [0.25, 0.3) is 0 Å².